The van der Waals surface area contributed by atoms with Gasteiger partial charge in [-0.3, -0.25) is 4.79 Å². The second-order valence-electron chi connectivity index (χ2n) is 12.7. The average molecular weight is 530 g/mol. The summed E-state index contributed by atoms with van der Waals surface area (Å²) < 4.78 is 19.0. The first-order chi connectivity index (χ1) is 18.6. The summed E-state index contributed by atoms with van der Waals surface area (Å²) in [5, 5.41) is 1.21. The molecule has 206 valence electrons. The molecule has 39 heavy (non-hydrogen) atoms. The number of fused-ring (bicyclic) bond motifs is 7. The van der Waals surface area contributed by atoms with Crippen molar-refractivity contribution in [3.63, 3.8) is 0 Å². The number of carbonyl (C=O) groups is 2. The van der Waals surface area contributed by atoms with E-state index in [1.807, 2.05) is 39.0 Å². The minimum absolute atomic E-state index is 0.177. The van der Waals surface area contributed by atoms with Crippen LogP contribution in [0.3, 0.4) is 0 Å². The molecule has 0 saturated heterocycles. The lowest BCUT2D eigenvalue weighted by Crippen LogP contribution is -2.24. The van der Waals surface area contributed by atoms with E-state index in [1.165, 1.54) is 67.0 Å². The minimum Gasteiger partial charge on any atom is -0.497 e. The van der Waals surface area contributed by atoms with E-state index in [2.05, 4.69) is 22.8 Å². The van der Waals surface area contributed by atoms with Crippen LogP contribution in [-0.4, -0.2) is 36.3 Å². The minimum atomic E-state index is -0.570. The van der Waals surface area contributed by atoms with E-state index in [-0.39, 0.29) is 23.3 Å². The third kappa shape index (κ3) is 4.52. The van der Waals surface area contributed by atoms with Crippen molar-refractivity contribution in [3.05, 3.63) is 53.1 Å². The highest BCUT2D eigenvalue weighted by atomic mass is 16.6. The molecule has 2 atom stereocenters. The summed E-state index contributed by atoms with van der Waals surface area (Å²) in [6, 6.07) is 12.5. The molecule has 1 aliphatic heterocycles. The highest BCUT2D eigenvalue weighted by Gasteiger charge is 2.58. The highest BCUT2D eigenvalue weighted by molar-refractivity contribution is 5.99. The molecule has 2 fully saturated rings. The van der Waals surface area contributed by atoms with Crippen LogP contribution in [0.5, 0.6) is 5.75 Å². The number of methoxy groups -OCH3 is 2. The van der Waals surface area contributed by atoms with Crippen molar-refractivity contribution in [2.75, 3.05) is 14.2 Å². The molecule has 6 rings (SSSR count). The topological polar surface area (TPSA) is 66.8 Å². The van der Waals surface area contributed by atoms with E-state index in [9.17, 15) is 9.59 Å². The van der Waals surface area contributed by atoms with Crippen molar-refractivity contribution in [3.8, 4) is 17.0 Å². The van der Waals surface area contributed by atoms with Gasteiger partial charge in [-0.25, -0.2) is 4.79 Å². The molecule has 2 unspecified atom stereocenters. The van der Waals surface area contributed by atoms with E-state index in [0.29, 0.717) is 24.4 Å². The lowest BCUT2D eigenvalue weighted by Gasteiger charge is -2.24. The number of benzene rings is 2. The van der Waals surface area contributed by atoms with E-state index >= 15 is 0 Å². The fourth-order valence-corrected chi connectivity index (χ4v) is 7.16. The van der Waals surface area contributed by atoms with Gasteiger partial charge >= 0.3 is 11.9 Å². The van der Waals surface area contributed by atoms with E-state index in [1.54, 1.807) is 7.11 Å². The van der Waals surface area contributed by atoms with E-state index < -0.39 is 5.60 Å². The molecule has 2 aromatic carbocycles. The van der Waals surface area contributed by atoms with E-state index in [0.717, 1.165) is 17.7 Å². The Morgan fingerprint density at radius 3 is 2.49 bits per heavy atom. The predicted octanol–water partition coefficient (Wildman–Crippen LogP) is 7.37. The Bertz CT molecular complexity index is 1450. The van der Waals surface area contributed by atoms with Gasteiger partial charge in [0.05, 0.1) is 31.9 Å². The monoisotopic (exact) mass is 529 g/mol. The van der Waals surface area contributed by atoms with Gasteiger partial charge in [0.15, 0.2) is 0 Å². The first-order valence-electron chi connectivity index (χ1n) is 14.3. The maximum Gasteiger partial charge on any atom is 0.338 e. The Morgan fingerprint density at radius 2 is 1.79 bits per heavy atom. The van der Waals surface area contributed by atoms with Gasteiger partial charge in [-0.1, -0.05) is 25.3 Å². The maximum absolute atomic E-state index is 13.1. The lowest BCUT2D eigenvalue weighted by molar-refractivity contribution is -0.142. The van der Waals surface area contributed by atoms with Crippen LogP contribution < -0.4 is 4.74 Å². The fraction of sp³-hybridized carbons (Fsp3) is 0.515. The van der Waals surface area contributed by atoms with Crippen molar-refractivity contribution < 1.29 is 23.8 Å². The van der Waals surface area contributed by atoms with Crippen LogP contribution >= 0.6 is 0 Å². The lowest BCUT2D eigenvalue weighted by atomic mass is 9.81. The Labute approximate surface area is 230 Å². The first kappa shape index (κ1) is 26.0. The van der Waals surface area contributed by atoms with Gasteiger partial charge in [-0.2, -0.15) is 0 Å². The summed E-state index contributed by atoms with van der Waals surface area (Å²) in [6.07, 6.45) is 7.38. The molecule has 3 aliphatic rings. The molecule has 6 nitrogen and oxygen atoms in total. The molecular formula is C33H39NO5. The quantitative estimate of drug-likeness (QED) is 0.323. The summed E-state index contributed by atoms with van der Waals surface area (Å²) in [5.74, 6) is 1.06. The molecule has 3 aromatic rings. The zero-order valence-electron chi connectivity index (χ0n) is 23.8. The van der Waals surface area contributed by atoms with Crippen LogP contribution in [0, 0.1) is 5.41 Å². The van der Waals surface area contributed by atoms with Crippen LogP contribution in [0.4, 0.5) is 0 Å². The molecular weight excluding hydrogens is 490 g/mol. The molecule has 2 saturated carbocycles. The fourth-order valence-electron chi connectivity index (χ4n) is 7.16. The summed E-state index contributed by atoms with van der Waals surface area (Å²) >= 11 is 0. The van der Waals surface area contributed by atoms with Crippen molar-refractivity contribution in [2.45, 2.75) is 89.7 Å². The third-order valence-electron chi connectivity index (χ3n) is 9.03. The summed E-state index contributed by atoms with van der Waals surface area (Å²) in [7, 11) is 3.17. The van der Waals surface area contributed by atoms with Gasteiger partial charge in [-0.15, -0.1) is 0 Å². The maximum atomic E-state index is 13.1. The molecule has 1 aromatic heterocycles. The van der Waals surface area contributed by atoms with Crippen LogP contribution in [0.2, 0.25) is 0 Å². The van der Waals surface area contributed by atoms with Gasteiger partial charge < -0.3 is 18.8 Å². The predicted molar refractivity (Wildman–Crippen MR) is 151 cm³/mol. The normalized spacial score (nSPS) is 22.3. The molecule has 0 N–H and O–H groups in total. The molecule has 6 heteroatoms. The summed E-state index contributed by atoms with van der Waals surface area (Å²) in [5.41, 5.74) is 5.92. The average Bonchev–Trinajstić information content (AvgIpc) is 3.54. The number of carbonyl (C=O) groups excluding carboxylic acids is 2. The highest BCUT2D eigenvalue weighted by Crippen LogP contribution is 2.67. The molecule has 2 aliphatic carbocycles. The largest absolute Gasteiger partial charge is 0.497 e. The number of rotatable bonds is 5. The van der Waals surface area contributed by atoms with Gasteiger partial charge in [0.1, 0.15) is 11.4 Å². The molecule has 0 amide bonds. The molecule has 0 bridgehead atoms. The van der Waals surface area contributed by atoms with E-state index in [4.69, 9.17) is 14.2 Å². The number of esters is 2. The van der Waals surface area contributed by atoms with Crippen LogP contribution in [0.1, 0.15) is 99.0 Å². The second-order valence-corrected chi connectivity index (χ2v) is 12.7. The Morgan fingerprint density at radius 1 is 1.03 bits per heavy atom. The van der Waals surface area contributed by atoms with Gasteiger partial charge in [0, 0.05) is 28.4 Å². The third-order valence-corrected chi connectivity index (χ3v) is 9.03. The van der Waals surface area contributed by atoms with Crippen LogP contribution in [0.25, 0.3) is 22.2 Å². The van der Waals surface area contributed by atoms with Crippen molar-refractivity contribution in [1.82, 2.24) is 4.57 Å². The van der Waals surface area contributed by atoms with Crippen molar-refractivity contribution >= 4 is 22.8 Å². The summed E-state index contributed by atoms with van der Waals surface area (Å²) in [6.45, 7) is 6.38. The SMILES string of the molecule is COC(=O)CC12CC1c1cc(OC)ccc1-c1c(C3CCCCC3)c3ccc(C(=O)OC(C)(C)C)cc3n1C2. The standard InChI is InChI=1S/C33H39NO5/c1-32(2,3)39-31(36)21-11-13-24-27(15-21)34-19-33(18-28(35)38-5)17-26(33)25-16-22(37-4)12-14-23(25)30(34)29(24)20-9-7-6-8-10-20/h11-16,20,26H,6-10,17-19H2,1-5H3. The number of aromatic nitrogens is 1. The Hall–Kier alpha value is -3.28. The van der Waals surface area contributed by atoms with Crippen molar-refractivity contribution in [2.24, 2.45) is 5.41 Å². The molecule has 0 spiro atoms. The molecule has 2 heterocycles. The molecule has 0 radical (unpaired) electrons. The Balaban J connectivity index is 1.60. The van der Waals surface area contributed by atoms with Gasteiger partial charge in [-0.05, 0) is 93.3 Å². The van der Waals surface area contributed by atoms with Crippen molar-refractivity contribution in [1.29, 1.82) is 0 Å². The van der Waals surface area contributed by atoms with Crippen LogP contribution in [-0.2, 0) is 20.8 Å². The number of hydrogen-bond acceptors (Lipinski definition) is 5. The van der Waals surface area contributed by atoms with Gasteiger partial charge in [0.25, 0.3) is 0 Å². The number of hydrogen-bond donors (Lipinski definition) is 0. The zero-order chi connectivity index (χ0) is 27.5. The Kier molecular flexibility index (Phi) is 6.28. The number of ether oxygens (including phenoxy) is 3. The first-order valence-corrected chi connectivity index (χ1v) is 14.3. The van der Waals surface area contributed by atoms with Crippen LogP contribution in [0.15, 0.2) is 36.4 Å². The number of nitrogens with zero attached hydrogens (tertiary/aromatic N) is 1. The smallest absolute Gasteiger partial charge is 0.338 e. The zero-order valence-corrected chi connectivity index (χ0v) is 23.8. The summed E-state index contributed by atoms with van der Waals surface area (Å²) in [4.78, 5) is 25.8. The second kappa shape index (κ2) is 9.42. The van der Waals surface area contributed by atoms with Gasteiger partial charge in [0.2, 0.25) is 0 Å².